The van der Waals surface area contributed by atoms with Crippen molar-refractivity contribution in [3.8, 4) is 0 Å². The largest absolute Gasteiger partial charge is 0.396 e. The average molecular weight is 637 g/mol. The van der Waals surface area contributed by atoms with Gasteiger partial charge in [-0.15, -0.1) is 0 Å². The second kappa shape index (κ2) is 11.5. The quantitative estimate of drug-likeness (QED) is 0.172. The van der Waals surface area contributed by atoms with Crippen LogP contribution in [0.4, 0.5) is 0 Å². The first-order chi connectivity index (χ1) is 21.1. The number of aliphatic hydroxyl groups excluding tert-OH is 7. The Labute approximate surface area is 269 Å². The molecule has 6 rings (SSSR count). The van der Waals surface area contributed by atoms with Gasteiger partial charge in [-0.3, -0.25) is 0 Å². The van der Waals surface area contributed by atoms with Crippen molar-refractivity contribution in [2.45, 2.75) is 135 Å². The normalized spacial score (nSPS) is 55.6. The highest BCUT2D eigenvalue weighted by atomic mass is 16.7. The fourth-order valence-electron chi connectivity index (χ4n) is 13.2. The van der Waals surface area contributed by atoms with E-state index in [1.54, 1.807) is 0 Å². The number of hydrogen-bond acceptors (Lipinski definition) is 9. The predicted octanol–water partition coefficient (Wildman–Crippen LogP) is 2.76. The van der Waals surface area contributed by atoms with Gasteiger partial charge in [0.05, 0.1) is 25.4 Å². The predicted molar refractivity (Wildman–Crippen MR) is 167 cm³/mol. The van der Waals surface area contributed by atoms with Gasteiger partial charge in [-0.2, -0.15) is 0 Å². The maximum absolute atomic E-state index is 11.4. The Morgan fingerprint density at radius 3 is 2.18 bits per heavy atom. The molecule has 1 aliphatic heterocycles. The molecule has 0 radical (unpaired) electrons. The van der Waals surface area contributed by atoms with Crippen molar-refractivity contribution < 1.29 is 45.2 Å². The summed E-state index contributed by atoms with van der Waals surface area (Å²) < 4.78 is 12.7. The van der Waals surface area contributed by atoms with E-state index in [-0.39, 0.29) is 52.6 Å². The fraction of sp³-hybridized carbons (Fsp3) is 0.944. The van der Waals surface area contributed by atoms with Crippen LogP contribution < -0.4 is 0 Å². The molecule has 6 aliphatic rings. The summed E-state index contributed by atoms with van der Waals surface area (Å²) in [5, 5.41) is 74.5. The Hall–Kier alpha value is -0.620. The Bertz CT molecular complexity index is 1130. The lowest BCUT2D eigenvalue weighted by Crippen LogP contribution is -2.71. The molecule has 1 heterocycles. The highest BCUT2D eigenvalue weighted by Crippen LogP contribution is 2.77. The van der Waals surface area contributed by atoms with Crippen LogP contribution in [0.1, 0.15) is 92.4 Å². The summed E-state index contributed by atoms with van der Waals surface area (Å²) in [6, 6.07) is 0. The van der Waals surface area contributed by atoms with Gasteiger partial charge < -0.3 is 45.2 Å². The Kier molecular flexibility index (Phi) is 8.74. The Balaban J connectivity index is 1.42. The number of hydrogen-bond donors (Lipinski definition) is 7. The van der Waals surface area contributed by atoms with E-state index >= 15 is 0 Å². The zero-order chi connectivity index (χ0) is 32.9. The molecule has 0 aromatic carbocycles. The molecule has 9 heteroatoms. The van der Waals surface area contributed by atoms with Crippen LogP contribution in [-0.4, -0.2) is 98.5 Å². The summed E-state index contributed by atoms with van der Waals surface area (Å²) in [6.07, 6.45) is 0.448. The molecule has 0 amide bonds. The molecule has 1 saturated heterocycles. The maximum atomic E-state index is 11.4. The topological polar surface area (TPSA) is 160 Å². The van der Waals surface area contributed by atoms with Gasteiger partial charge in [-0.25, -0.2) is 0 Å². The lowest BCUT2D eigenvalue weighted by atomic mass is 9.32. The molecule has 7 N–H and O–H groups in total. The minimum Gasteiger partial charge on any atom is -0.396 e. The number of fused-ring (bicyclic) bond motifs is 7. The van der Waals surface area contributed by atoms with Crippen LogP contribution in [0.3, 0.4) is 0 Å². The molecule has 258 valence electrons. The first kappa shape index (κ1) is 34.3. The second-order valence-electron chi connectivity index (χ2n) is 17.5. The lowest BCUT2D eigenvalue weighted by molar-refractivity contribution is -0.347. The minimum absolute atomic E-state index is 0.0296. The van der Waals surface area contributed by atoms with Crippen molar-refractivity contribution in [2.24, 2.45) is 56.7 Å². The van der Waals surface area contributed by atoms with Crippen molar-refractivity contribution in [3.05, 3.63) is 12.2 Å². The standard InChI is InChI=1S/C36H60O9/c1-19(16-37)20-9-12-36(18-39)14-13-34(5)21(26(20)36)7-8-24-33(4)11-10-25(40)32(2,3)30(33)22(15-35(24,34)6)44-31-29(43)28(42)27(41)23(17-38)45-31/h20-31,37-43H,1,7-18H2,2-6H3. The van der Waals surface area contributed by atoms with Crippen LogP contribution in [0.2, 0.25) is 0 Å². The molecular formula is C36H60O9. The second-order valence-corrected chi connectivity index (χ2v) is 17.5. The molecule has 5 aliphatic carbocycles. The van der Waals surface area contributed by atoms with Crippen molar-refractivity contribution in [2.75, 3.05) is 19.8 Å². The minimum atomic E-state index is -1.52. The van der Waals surface area contributed by atoms with E-state index in [0.29, 0.717) is 24.7 Å². The van der Waals surface area contributed by atoms with Gasteiger partial charge in [0.1, 0.15) is 24.4 Å². The molecule has 0 aromatic rings. The van der Waals surface area contributed by atoms with Crippen molar-refractivity contribution in [1.82, 2.24) is 0 Å². The summed E-state index contributed by atoms with van der Waals surface area (Å²) in [5.74, 6) is 1.07. The summed E-state index contributed by atoms with van der Waals surface area (Å²) in [6.45, 7) is 15.4. The van der Waals surface area contributed by atoms with E-state index in [0.717, 1.165) is 50.5 Å². The number of ether oxygens (including phenoxy) is 2. The molecule has 16 atom stereocenters. The third-order valence-corrected chi connectivity index (χ3v) is 15.6. The van der Waals surface area contributed by atoms with Gasteiger partial charge >= 0.3 is 0 Å². The smallest absolute Gasteiger partial charge is 0.186 e. The molecule has 0 aromatic heterocycles. The molecule has 16 unspecified atom stereocenters. The molecule has 0 bridgehead atoms. The molecule has 9 nitrogen and oxygen atoms in total. The van der Waals surface area contributed by atoms with Crippen LogP contribution in [0.25, 0.3) is 0 Å². The van der Waals surface area contributed by atoms with E-state index in [1.807, 2.05) is 0 Å². The van der Waals surface area contributed by atoms with E-state index in [4.69, 9.17) is 9.47 Å². The van der Waals surface area contributed by atoms with E-state index in [9.17, 15) is 35.7 Å². The Morgan fingerprint density at radius 2 is 1.53 bits per heavy atom. The lowest BCUT2D eigenvalue weighted by Gasteiger charge is -2.74. The molecule has 45 heavy (non-hydrogen) atoms. The van der Waals surface area contributed by atoms with Crippen molar-refractivity contribution in [3.63, 3.8) is 0 Å². The van der Waals surface area contributed by atoms with Crippen LogP contribution >= 0.6 is 0 Å². The average Bonchev–Trinajstić information content (AvgIpc) is 3.39. The van der Waals surface area contributed by atoms with Gasteiger partial charge in [0.25, 0.3) is 0 Å². The van der Waals surface area contributed by atoms with Crippen LogP contribution in [0.15, 0.2) is 12.2 Å². The van der Waals surface area contributed by atoms with Gasteiger partial charge in [-0.1, -0.05) is 41.2 Å². The summed E-state index contributed by atoms with van der Waals surface area (Å²) in [7, 11) is 0. The van der Waals surface area contributed by atoms with Gasteiger partial charge in [0, 0.05) is 6.61 Å². The van der Waals surface area contributed by atoms with Crippen LogP contribution in [0.5, 0.6) is 0 Å². The van der Waals surface area contributed by atoms with E-state index in [1.165, 1.54) is 0 Å². The first-order valence-corrected chi connectivity index (χ1v) is 17.6. The Morgan fingerprint density at radius 1 is 0.822 bits per heavy atom. The molecule has 0 spiro atoms. The van der Waals surface area contributed by atoms with Crippen LogP contribution in [0, 0.1) is 56.7 Å². The summed E-state index contributed by atoms with van der Waals surface area (Å²) >= 11 is 0. The van der Waals surface area contributed by atoms with E-state index in [2.05, 4.69) is 41.2 Å². The first-order valence-electron chi connectivity index (χ1n) is 17.6. The zero-order valence-electron chi connectivity index (χ0n) is 28.1. The van der Waals surface area contributed by atoms with E-state index < -0.39 is 54.9 Å². The highest BCUT2D eigenvalue weighted by molar-refractivity contribution is 5.23. The maximum Gasteiger partial charge on any atom is 0.186 e. The summed E-state index contributed by atoms with van der Waals surface area (Å²) in [5.41, 5.74) is -0.220. The monoisotopic (exact) mass is 636 g/mol. The number of rotatable bonds is 6. The van der Waals surface area contributed by atoms with Crippen LogP contribution in [-0.2, 0) is 9.47 Å². The van der Waals surface area contributed by atoms with Gasteiger partial charge in [0.2, 0.25) is 0 Å². The molecule has 6 fully saturated rings. The van der Waals surface area contributed by atoms with Crippen molar-refractivity contribution in [1.29, 1.82) is 0 Å². The third-order valence-electron chi connectivity index (χ3n) is 15.6. The van der Waals surface area contributed by atoms with Crippen molar-refractivity contribution >= 4 is 0 Å². The SMILES string of the molecule is C=C(CO)C1CCC2(CO)CCC3(C)C(CCC4C5(C)CCC(O)C(C)(C)C5C(OC5OC(CO)C(O)C(O)C5O)CC43C)C12. The highest BCUT2D eigenvalue weighted by Gasteiger charge is 2.73. The zero-order valence-corrected chi connectivity index (χ0v) is 28.1. The molecule has 5 saturated carbocycles. The third kappa shape index (κ3) is 4.65. The number of aliphatic hydroxyl groups is 7. The fourth-order valence-corrected chi connectivity index (χ4v) is 13.2. The van der Waals surface area contributed by atoms with Gasteiger partial charge in [0.15, 0.2) is 6.29 Å². The summed E-state index contributed by atoms with van der Waals surface area (Å²) in [4.78, 5) is 0. The molecular weight excluding hydrogens is 576 g/mol. The van der Waals surface area contributed by atoms with Gasteiger partial charge in [-0.05, 0) is 120 Å².